The van der Waals surface area contributed by atoms with Gasteiger partial charge in [0.25, 0.3) is 5.72 Å². The van der Waals surface area contributed by atoms with Crippen LogP contribution in [0.2, 0.25) is 0 Å². The minimum atomic E-state index is -3.85. The van der Waals surface area contributed by atoms with Crippen molar-refractivity contribution in [3.05, 3.63) is 29.6 Å². The van der Waals surface area contributed by atoms with Crippen LogP contribution in [0.15, 0.2) is 28.1 Å². The lowest BCUT2D eigenvalue weighted by molar-refractivity contribution is -0.203. The number of amidine groups is 1. The zero-order valence-electron chi connectivity index (χ0n) is 14.2. The van der Waals surface area contributed by atoms with Gasteiger partial charge in [-0.15, -0.1) is 0 Å². The van der Waals surface area contributed by atoms with E-state index in [2.05, 4.69) is 4.99 Å². The largest absolute Gasteiger partial charge is 0.478 e. The highest BCUT2D eigenvalue weighted by molar-refractivity contribution is 7.90. The summed E-state index contributed by atoms with van der Waals surface area (Å²) >= 11 is 0. The molecule has 1 atom stereocenters. The average Bonchev–Trinajstić information content (AvgIpc) is 2.84. The van der Waals surface area contributed by atoms with E-state index < -0.39 is 39.7 Å². The average molecular weight is 388 g/mol. The van der Waals surface area contributed by atoms with Gasteiger partial charge in [-0.2, -0.15) is 0 Å². The second-order valence-corrected chi connectivity index (χ2v) is 7.49. The normalized spacial score (nSPS) is 20.0. The molecule has 2 rings (SSSR count). The number of carbonyl (C=O) groups excluding carboxylic acids is 1. The van der Waals surface area contributed by atoms with Gasteiger partial charge in [0.15, 0.2) is 15.7 Å². The van der Waals surface area contributed by atoms with Crippen LogP contribution in [0.1, 0.15) is 18.9 Å². The summed E-state index contributed by atoms with van der Waals surface area (Å²) in [6, 6.07) is 2.95. The summed E-state index contributed by atoms with van der Waals surface area (Å²) < 4.78 is 42.1. The lowest BCUT2D eigenvalue weighted by Crippen LogP contribution is -2.41. The molecular weight excluding hydrogens is 371 g/mol. The first kappa shape index (κ1) is 19.8. The van der Waals surface area contributed by atoms with E-state index in [1.165, 1.54) is 7.05 Å². The molecule has 142 valence electrons. The number of hydroxylamine groups is 2. The standard InChI is InChI=1S/C15H17FN2O7S/c1-4-24-12(19)8-15(14(20)21)17-13(18(2)25-15)10-6-5-9(16)7-11(10)26(3,22)23/h5-7H,4,8H2,1-3H3,(H,20,21). The van der Waals surface area contributed by atoms with Crippen molar-refractivity contribution in [1.82, 2.24) is 5.06 Å². The molecule has 11 heteroatoms. The third-order valence-electron chi connectivity index (χ3n) is 3.48. The van der Waals surface area contributed by atoms with E-state index in [0.717, 1.165) is 29.5 Å². The summed E-state index contributed by atoms with van der Waals surface area (Å²) in [5, 5.41) is 10.4. The van der Waals surface area contributed by atoms with Crippen LogP contribution >= 0.6 is 0 Å². The van der Waals surface area contributed by atoms with Gasteiger partial charge in [-0.25, -0.2) is 32.5 Å². The second kappa shape index (κ2) is 7.00. The number of halogens is 1. The second-order valence-electron chi connectivity index (χ2n) is 5.51. The van der Waals surface area contributed by atoms with Gasteiger partial charge in [0.05, 0.1) is 11.5 Å². The molecule has 9 nitrogen and oxygen atoms in total. The number of aliphatic imine (C=N–C) groups is 1. The Hall–Kier alpha value is -2.53. The molecule has 0 saturated heterocycles. The molecule has 0 fully saturated rings. The number of nitrogens with zero attached hydrogens (tertiary/aromatic N) is 2. The fourth-order valence-corrected chi connectivity index (χ4v) is 3.28. The van der Waals surface area contributed by atoms with E-state index in [0.29, 0.717) is 0 Å². The van der Waals surface area contributed by atoms with Crippen molar-refractivity contribution in [3.8, 4) is 0 Å². The Morgan fingerprint density at radius 1 is 1.42 bits per heavy atom. The Balaban J connectivity index is 2.58. The molecule has 0 saturated carbocycles. The first-order valence-corrected chi connectivity index (χ1v) is 9.31. The highest BCUT2D eigenvalue weighted by Crippen LogP contribution is 2.31. The van der Waals surface area contributed by atoms with Gasteiger partial charge in [0.2, 0.25) is 0 Å². The number of esters is 1. The summed E-state index contributed by atoms with van der Waals surface area (Å²) in [5.74, 6) is -3.37. The van der Waals surface area contributed by atoms with Crippen molar-refractivity contribution in [2.75, 3.05) is 19.9 Å². The zero-order valence-corrected chi connectivity index (χ0v) is 15.0. The van der Waals surface area contributed by atoms with Crippen LogP contribution < -0.4 is 0 Å². The topological polar surface area (TPSA) is 123 Å². The van der Waals surface area contributed by atoms with Crippen molar-refractivity contribution in [3.63, 3.8) is 0 Å². The van der Waals surface area contributed by atoms with Crippen LogP contribution in [0, 0.1) is 5.82 Å². The molecule has 1 unspecified atom stereocenters. The number of sulfone groups is 1. The molecule has 0 aromatic heterocycles. The van der Waals surface area contributed by atoms with Crippen molar-refractivity contribution < 1.29 is 37.1 Å². The summed E-state index contributed by atoms with van der Waals surface area (Å²) in [4.78, 5) is 32.2. The number of carbonyl (C=O) groups is 2. The van der Waals surface area contributed by atoms with Crippen LogP contribution in [0.25, 0.3) is 0 Å². The number of hydrogen-bond donors (Lipinski definition) is 1. The summed E-state index contributed by atoms with van der Waals surface area (Å²) in [5.41, 5.74) is -2.36. The minimum absolute atomic E-state index is 0.0388. The summed E-state index contributed by atoms with van der Waals surface area (Å²) in [7, 11) is -2.55. The molecular formula is C15H17FN2O7S. The Labute approximate surface area is 148 Å². The van der Waals surface area contributed by atoms with E-state index in [1.54, 1.807) is 6.92 Å². The number of rotatable bonds is 6. The Bertz CT molecular complexity index is 884. The smallest absolute Gasteiger partial charge is 0.362 e. The molecule has 1 aromatic rings. The molecule has 1 heterocycles. The van der Waals surface area contributed by atoms with Gasteiger partial charge in [-0.1, -0.05) is 0 Å². The summed E-state index contributed by atoms with van der Waals surface area (Å²) in [6.45, 7) is 1.59. The molecule has 0 bridgehead atoms. The maximum Gasteiger partial charge on any atom is 0.362 e. The molecule has 0 amide bonds. The van der Waals surface area contributed by atoms with Crippen molar-refractivity contribution >= 4 is 27.6 Å². The van der Waals surface area contributed by atoms with Gasteiger partial charge in [-0.3, -0.25) is 4.79 Å². The van der Waals surface area contributed by atoms with Gasteiger partial charge in [0.1, 0.15) is 12.2 Å². The zero-order chi connectivity index (χ0) is 19.7. The third kappa shape index (κ3) is 3.83. The fourth-order valence-electron chi connectivity index (χ4n) is 2.39. The lowest BCUT2D eigenvalue weighted by atomic mass is 10.1. The van der Waals surface area contributed by atoms with Crippen LogP contribution in [-0.4, -0.2) is 62.0 Å². The summed E-state index contributed by atoms with van der Waals surface area (Å²) in [6.07, 6.45) is 0.157. The number of ether oxygens (including phenoxy) is 1. The van der Waals surface area contributed by atoms with Crippen molar-refractivity contribution in [2.45, 2.75) is 24.0 Å². The maximum absolute atomic E-state index is 13.5. The van der Waals surface area contributed by atoms with E-state index in [1.807, 2.05) is 0 Å². The highest BCUT2D eigenvalue weighted by Gasteiger charge is 2.50. The van der Waals surface area contributed by atoms with Gasteiger partial charge in [0, 0.05) is 18.9 Å². The van der Waals surface area contributed by atoms with Gasteiger partial charge < -0.3 is 9.84 Å². The number of carboxylic acids is 1. The molecule has 26 heavy (non-hydrogen) atoms. The molecule has 1 aliphatic heterocycles. The van der Waals surface area contributed by atoms with E-state index >= 15 is 0 Å². The van der Waals surface area contributed by atoms with Gasteiger partial charge in [-0.05, 0) is 25.1 Å². The van der Waals surface area contributed by atoms with Crippen molar-refractivity contribution in [1.29, 1.82) is 0 Å². The predicted molar refractivity (Wildman–Crippen MR) is 86.5 cm³/mol. The number of benzene rings is 1. The molecule has 0 spiro atoms. The molecule has 1 aromatic carbocycles. The predicted octanol–water partition coefficient (Wildman–Crippen LogP) is 0.587. The number of carboxylic acid groups (broad SMARTS) is 1. The minimum Gasteiger partial charge on any atom is -0.478 e. The van der Waals surface area contributed by atoms with Crippen molar-refractivity contribution in [2.24, 2.45) is 4.99 Å². The molecule has 1 aliphatic rings. The van der Waals surface area contributed by atoms with E-state index in [-0.39, 0.29) is 22.9 Å². The highest BCUT2D eigenvalue weighted by atomic mass is 32.2. The number of hydrogen-bond acceptors (Lipinski definition) is 8. The maximum atomic E-state index is 13.5. The van der Waals surface area contributed by atoms with Crippen LogP contribution in [0.3, 0.4) is 0 Å². The van der Waals surface area contributed by atoms with Crippen LogP contribution in [0.4, 0.5) is 4.39 Å². The molecule has 1 N–H and O–H groups in total. The van der Waals surface area contributed by atoms with Crippen LogP contribution in [-0.2, 0) is 29.0 Å². The molecule has 0 radical (unpaired) electrons. The SMILES string of the molecule is CCOC(=O)CC1(C(=O)O)N=C(c2ccc(F)cc2S(C)(=O)=O)N(C)O1. The Morgan fingerprint density at radius 2 is 2.08 bits per heavy atom. The molecule has 0 aliphatic carbocycles. The quantitative estimate of drug-likeness (QED) is 0.703. The van der Waals surface area contributed by atoms with Gasteiger partial charge >= 0.3 is 11.9 Å². The third-order valence-corrected chi connectivity index (χ3v) is 4.62. The first-order valence-electron chi connectivity index (χ1n) is 7.42. The fraction of sp³-hybridized carbons (Fsp3) is 0.400. The monoisotopic (exact) mass is 388 g/mol. The van der Waals surface area contributed by atoms with E-state index in [4.69, 9.17) is 9.57 Å². The van der Waals surface area contributed by atoms with E-state index in [9.17, 15) is 27.5 Å². The Kier molecular flexibility index (Phi) is 5.33. The Morgan fingerprint density at radius 3 is 2.62 bits per heavy atom. The van der Waals surface area contributed by atoms with Crippen LogP contribution in [0.5, 0.6) is 0 Å². The lowest BCUT2D eigenvalue weighted by Gasteiger charge is -2.21. The first-order chi connectivity index (χ1) is 12.0. The number of aliphatic carboxylic acids is 1.